The zero-order valence-electron chi connectivity index (χ0n) is 19.4. The van der Waals surface area contributed by atoms with Crippen molar-refractivity contribution in [3.63, 3.8) is 0 Å². The number of allylic oxidation sites excluding steroid dienone is 1. The predicted octanol–water partition coefficient (Wildman–Crippen LogP) is 2.00. The number of carbonyl (C=O) groups excluding carboxylic acids is 5. The van der Waals surface area contributed by atoms with E-state index in [9.17, 15) is 24.0 Å². The molecule has 3 aliphatic heterocycles. The minimum Gasteiger partial charge on any atom is -0.465 e. The van der Waals surface area contributed by atoms with Crippen LogP contribution < -0.4 is 9.64 Å². The van der Waals surface area contributed by atoms with Crippen LogP contribution in [0.2, 0.25) is 0 Å². The number of anilines is 1. The van der Waals surface area contributed by atoms with Gasteiger partial charge in [-0.3, -0.25) is 24.2 Å². The maximum absolute atomic E-state index is 13.8. The first kappa shape index (κ1) is 23.2. The topological polar surface area (TPSA) is 123 Å². The summed E-state index contributed by atoms with van der Waals surface area (Å²) in [4.78, 5) is 65.6. The molecule has 3 heterocycles. The van der Waals surface area contributed by atoms with Gasteiger partial charge in [0.1, 0.15) is 11.8 Å². The summed E-state index contributed by atoms with van der Waals surface area (Å²) >= 11 is 0. The smallest absolute Gasteiger partial charge is 0.339 e. The molecule has 5 rings (SSSR count). The normalized spacial score (nSPS) is 23.9. The quantitative estimate of drug-likeness (QED) is 0.272. The van der Waals surface area contributed by atoms with E-state index < -0.39 is 53.5 Å². The molecule has 0 saturated carbocycles. The molecule has 0 aliphatic carbocycles. The van der Waals surface area contributed by atoms with Gasteiger partial charge in [-0.25, -0.2) is 9.69 Å². The van der Waals surface area contributed by atoms with Gasteiger partial charge in [0.2, 0.25) is 11.8 Å². The molecule has 2 saturated heterocycles. The van der Waals surface area contributed by atoms with Gasteiger partial charge in [-0.05, 0) is 42.5 Å². The number of ether oxygens (including phenoxy) is 2. The molecule has 2 fully saturated rings. The molecule has 3 aliphatic rings. The molecule has 0 unspecified atom stereocenters. The summed E-state index contributed by atoms with van der Waals surface area (Å²) < 4.78 is 9.85. The van der Waals surface area contributed by atoms with Crippen molar-refractivity contribution in [1.29, 1.82) is 0 Å². The summed E-state index contributed by atoms with van der Waals surface area (Å²) in [6.45, 7) is 1.27. The zero-order valence-corrected chi connectivity index (χ0v) is 19.4. The molecule has 0 aromatic heterocycles. The van der Waals surface area contributed by atoms with Crippen molar-refractivity contribution < 1.29 is 33.4 Å². The van der Waals surface area contributed by atoms with Gasteiger partial charge in [0.15, 0.2) is 5.78 Å². The van der Waals surface area contributed by atoms with Gasteiger partial charge in [0, 0.05) is 18.7 Å². The van der Waals surface area contributed by atoms with E-state index in [2.05, 4.69) is 5.10 Å². The second kappa shape index (κ2) is 8.88. The van der Waals surface area contributed by atoms with Crippen LogP contribution in [0.1, 0.15) is 27.6 Å². The largest absolute Gasteiger partial charge is 0.465 e. The Morgan fingerprint density at radius 1 is 0.944 bits per heavy atom. The molecule has 182 valence electrons. The summed E-state index contributed by atoms with van der Waals surface area (Å²) in [5.41, 5.74) is 0.453. The van der Waals surface area contributed by atoms with Crippen molar-refractivity contribution in [1.82, 2.24) is 5.01 Å². The number of rotatable bonds is 5. The minimum atomic E-state index is -1.05. The highest BCUT2D eigenvalue weighted by molar-refractivity contribution is 6.26. The summed E-state index contributed by atoms with van der Waals surface area (Å²) in [6, 6.07) is 10.5. The standard InChI is InChI=1S/C26H21N3O7/c1-14(30)36-16-11-9-15(10-12-16)23(31)22-21-20(19-8-5-13-27-29(19)22)24(32)28(25(21)33)18-7-4-3-6-17(18)26(34)35-2/h3-13,19-22H,1-2H3/t19-,20-,21-,22-/m1/s1. The summed E-state index contributed by atoms with van der Waals surface area (Å²) in [7, 11) is 1.21. The van der Waals surface area contributed by atoms with Crippen LogP contribution in [-0.4, -0.2) is 60.0 Å². The van der Waals surface area contributed by atoms with Gasteiger partial charge in [-0.2, -0.15) is 5.10 Å². The average molecular weight is 487 g/mol. The average Bonchev–Trinajstić information content (AvgIpc) is 3.35. The molecule has 36 heavy (non-hydrogen) atoms. The van der Waals surface area contributed by atoms with Gasteiger partial charge in [-0.1, -0.05) is 18.2 Å². The Morgan fingerprint density at radius 2 is 1.64 bits per heavy atom. The number of imide groups is 1. The number of hydrazone groups is 1. The number of ketones is 1. The molecule has 0 N–H and O–H groups in total. The number of Topliss-reactive ketones (excluding diaryl/α,β-unsaturated/α-hetero) is 1. The highest BCUT2D eigenvalue weighted by atomic mass is 16.5. The van der Waals surface area contributed by atoms with Crippen LogP contribution in [-0.2, 0) is 19.1 Å². The number of hydrogen-bond acceptors (Lipinski definition) is 9. The minimum absolute atomic E-state index is 0.0691. The zero-order chi connectivity index (χ0) is 25.6. The highest BCUT2D eigenvalue weighted by Gasteiger charge is 2.64. The van der Waals surface area contributed by atoms with E-state index in [1.165, 1.54) is 61.7 Å². The molecule has 0 radical (unpaired) electrons. The summed E-state index contributed by atoms with van der Waals surface area (Å²) in [5.74, 6) is -4.30. The fraction of sp³-hybridized carbons (Fsp3) is 0.231. The predicted molar refractivity (Wildman–Crippen MR) is 126 cm³/mol. The van der Waals surface area contributed by atoms with Crippen LogP contribution in [0.15, 0.2) is 65.8 Å². The van der Waals surface area contributed by atoms with E-state index in [0.29, 0.717) is 0 Å². The lowest BCUT2D eigenvalue weighted by atomic mass is 9.86. The monoisotopic (exact) mass is 487 g/mol. The van der Waals surface area contributed by atoms with E-state index in [4.69, 9.17) is 9.47 Å². The van der Waals surface area contributed by atoms with Gasteiger partial charge in [-0.15, -0.1) is 0 Å². The summed E-state index contributed by atoms with van der Waals surface area (Å²) in [6.07, 6.45) is 4.91. The number of carbonyl (C=O) groups is 5. The van der Waals surface area contributed by atoms with Gasteiger partial charge < -0.3 is 9.47 Å². The maximum atomic E-state index is 13.8. The lowest BCUT2D eigenvalue weighted by molar-refractivity contribution is -0.132. The van der Waals surface area contributed by atoms with Crippen LogP contribution in [0.25, 0.3) is 0 Å². The lowest BCUT2D eigenvalue weighted by Gasteiger charge is -2.30. The third kappa shape index (κ3) is 3.58. The molecule has 2 amide bonds. The molecule has 2 aromatic carbocycles. The first-order chi connectivity index (χ1) is 17.3. The van der Waals surface area contributed by atoms with Crippen molar-refractivity contribution in [3.05, 3.63) is 71.8 Å². The highest BCUT2D eigenvalue weighted by Crippen LogP contribution is 2.46. The Kier molecular flexibility index (Phi) is 5.71. The van der Waals surface area contributed by atoms with Gasteiger partial charge in [0.05, 0.1) is 36.2 Å². The first-order valence-corrected chi connectivity index (χ1v) is 11.2. The third-order valence-electron chi connectivity index (χ3n) is 6.51. The van der Waals surface area contributed by atoms with E-state index >= 15 is 0 Å². The van der Waals surface area contributed by atoms with E-state index in [0.717, 1.165) is 4.90 Å². The van der Waals surface area contributed by atoms with Crippen LogP contribution in [0.3, 0.4) is 0 Å². The Morgan fingerprint density at radius 3 is 2.33 bits per heavy atom. The number of para-hydroxylation sites is 1. The molecular weight excluding hydrogens is 466 g/mol. The Bertz CT molecular complexity index is 1350. The van der Waals surface area contributed by atoms with Crippen LogP contribution in [0.5, 0.6) is 5.75 Å². The van der Waals surface area contributed by atoms with Crippen LogP contribution in [0.4, 0.5) is 5.69 Å². The second-order valence-corrected chi connectivity index (χ2v) is 8.52. The fourth-order valence-corrected chi connectivity index (χ4v) is 5.05. The SMILES string of the molecule is COC(=O)c1ccccc1N1C(=O)[C@@H]2[C@H](C1=O)[C@H]1C=CC=NN1[C@H]2C(=O)c1ccc(OC(C)=O)cc1. The van der Waals surface area contributed by atoms with Crippen molar-refractivity contribution in [2.24, 2.45) is 16.9 Å². The molecule has 2 aromatic rings. The second-order valence-electron chi connectivity index (χ2n) is 8.52. The van der Waals surface area contributed by atoms with Crippen molar-refractivity contribution in [2.75, 3.05) is 12.0 Å². The number of methoxy groups -OCH3 is 1. The molecule has 10 nitrogen and oxygen atoms in total. The number of benzene rings is 2. The number of hydrogen-bond donors (Lipinski definition) is 0. The Balaban J connectivity index is 1.54. The number of nitrogens with zero attached hydrogens (tertiary/aromatic N) is 3. The first-order valence-electron chi connectivity index (χ1n) is 11.2. The molecule has 10 heteroatoms. The summed E-state index contributed by atoms with van der Waals surface area (Å²) in [5, 5.41) is 5.82. The van der Waals surface area contributed by atoms with Crippen molar-refractivity contribution in [3.8, 4) is 5.75 Å². The number of fused-ring (bicyclic) bond motifs is 3. The van der Waals surface area contributed by atoms with Crippen LogP contribution in [0, 0.1) is 11.8 Å². The van der Waals surface area contributed by atoms with E-state index in [-0.39, 0.29) is 22.6 Å². The van der Waals surface area contributed by atoms with Crippen LogP contribution >= 0.6 is 0 Å². The lowest BCUT2D eigenvalue weighted by Crippen LogP contribution is -2.46. The number of esters is 2. The molecule has 4 atom stereocenters. The Hall–Kier alpha value is -4.60. The number of amides is 2. The fourth-order valence-electron chi connectivity index (χ4n) is 5.05. The van der Waals surface area contributed by atoms with Gasteiger partial charge in [0.25, 0.3) is 0 Å². The van der Waals surface area contributed by atoms with Gasteiger partial charge >= 0.3 is 11.9 Å². The molecule has 0 spiro atoms. The Labute approximate surface area is 205 Å². The third-order valence-corrected chi connectivity index (χ3v) is 6.51. The van der Waals surface area contributed by atoms with E-state index in [1.54, 1.807) is 24.3 Å². The van der Waals surface area contributed by atoms with E-state index in [1.807, 2.05) is 0 Å². The maximum Gasteiger partial charge on any atom is 0.339 e. The van der Waals surface area contributed by atoms with Crippen molar-refractivity contribution >= 4 is 41.4 Å². The van der Waals surface area contributed by atoms with Crippen molar-refractivity contribution in [2.45, 2.75) is 19.0 Å². The molecule has 0 bridgehead atoms. The molecular formula is C26H21N3O7.